The molecule has 2 N–H and O–H groups in total. The molecule has 1 aliphatic carbocycles. The molecule has 20 heavy (non-hydrogen) atoms. The Labute approximate surface area is 122 Å². The number of fused-ring (bicyclic) bond motifs is 1. The number of nitrogens with zero attached hydrogens (tertiary/aromatic N) is 1. The van der Waals surface area contributed by atoms with Crippen LogP contribution < -0.4 is 10.6 Å². The second-order valence-electron chi connectivity index (χ2n) is 7.14. The summed E-state index contributed by atoms with van der Waals surface area (Å²) in [5, 5.41) is 0. The number of anilines is 1. The van der Waals surface area contributed by atoms with Gasteiger partial charge in [-0.25, -0.2) is 0 Å². The van der Waals surface area contributed by atoms with Gasteiger partial charge in [-0.05, 0) is 25.5 Å². The van der Waals surface area contributed by atoms with E-state index in [0.29, 0.717) is 12.0 Å². The maximum absolute atomic E-state index is 6.81. The molecule has 110 valence electrons. The van der Waals surface area contributed by atoms with Crippen LogP contribution in [-0.4, -0.2) is 31.8 Å². The molecule has 3 unspecified atom stereocenters. The first-order chi connectivity index (χ1) is 9.36. The van der Waals surface area contributed by atoms with E-state index in [2.05, 4.69) is 57.0 Å². The highest BCUT2D eigenvalue weighted by Crippen LogP contribution is 2.58. The number of likely N-dealkylation sites (N-methyl/N-ethyl adjacent to an activating group) is 1. The molecule has 3 nitrogen and oxygen atoms in total. The van der Waals surface area contributed by atoms with Crippen molar-refractivity contribution in [1.29, 1.82) is 0 Å². The number of rotatable bonds is 3. The van der Waals surface area contributed by atoms with Crippen LogP contribution in [-0.2, 0) is 4.74 Å². The zero-order chi connectivity index (χ0) is 14.5. The predicted molar refractivity (Wildman–Crippen MR) is 83.0 cm³/mol. The minimum Gasteiger partial charge on any atom is -0.377 e. The van der Waals surface area contributed by atoms with Crippen LogP contribution in [0.15, 0.2) is 24.3 Å². The van der Waals surface area contributed by atoms with E-state index in [1.165, 1.54) is 11.3 Å². The zero-order valence-corrected chi connectivity index (χ0v) is 13.0. The van der Waals surface area contributed by atoms with Gasteiger partial charge in [-0.15, -0.1) is 0 Å². The Morgan fingerprint density at radius 2 is 1.95 bits per heavy atom. The first-order valence-electron chi connectivity index (χ1n) is 7.54. The first-order valence-corrected chi connectivity index (χ1v) is 7.54. The van der Waals surface area contributed by atoms with E-state index in [-0.39, 0.29) is 11.0 Å². The van der Waals surface area contributed by atoms with Gasteiger partial charge in [0.1, 0.15) is 0 Å². The first kappa shape index (κ1) is 13.9. The van der Waals surface area contributed by atoms with Crippen molar-refractivity contribution in [3.05, 3.63) is 29.8 Å². The summed E-state index contributed by atoms with van der Waals surface area (Å²) >= 11 is 0. The Hall–Kier alpha value is -1.06. The van der Waals surface area contributed by atoms with Gasteiger partial charge >= 0.3 is 0 Å². The summed E-state index contributed by atoms with van der Waals surface area (Å²) in [5.41, 5.74) is 9.23. The molecule has 1 aromatic carbocycles. The molecule has 1 saturated heterocycles. The van der Waals surface area contributed by atoms with Gasteiger partial charge in [-0.2, -0.15) is 0 Å². The van der Waals surface area contributed by atoms with Crippen molar-refractivity contribution in [2.24, 2.45) is 17.1 Å². The number of hydrogen-bond acceptors (Lipinski definition) is 3. The third kappa shape index (κ3) is 1.80. The van der Waals surface area contributed by atoms with Crippen molar-refractivity contribution in [3.63, 3.8) is 0 Å². The summed E-state index contributed by atoms with van der Waals surface area (Å²) in [6, 6.07) is 8.66. The molecule has 3 heteroatoms. The lowest BCUT2D eigenvalue weighted by Crippen LogP contribution is -2.78. The van der Waals surface area contributed by atoms with Crippen LogP contribution in [0.1, 0.15) is 25.8 Å². The van der Waals surface area contributed by atoms with Crippen LogP contribution in [0.3, 0.4) is 0 Å². The molecular weight excluding hydrogens is 248 g/mol. The lowest BCUT2D eigenvalue weighted by molar-refractivity contribution is -0.150. The van der Waals surface area contributed by atoms with Gasteiger partial charge in [0.15, 0.2) is 0 Å². The Morgan fingerprint density at radius 1 is 1.30 bits per heavy atom. The van der Waals surface area contributed by atoms with Crippen molar-refractivity contribution in [2.45, 2.75) is 38.8 Å². The van der Waals surface area contributed by atoms with E-state index in [1.807, 2.05) is 0 Å². The van der Waals surface area contributed by atoms with Gasteiger partial charge in [0.2, 0.25) is 0 Å². The van der Waals surface area contributed by atoms with Crippen LogP contribution in [0.4, 0.5) is 5.69 Å². The molecule has 1 saturated carbocycles. The minimum absolute atomic E-state index is 0.0487. The topological polar surface area (TPSA) is 38.5 Å². The fourth-order valence-corrected chi connectivity index (χ4v) is 4.08. The second kappa shape index (κ2) is 4.47. The third-order valence-corrected chi connectivity index (χ3v) is 5.64. The minimum atomic E-state index is -0.159. The summed E-state index contributed by atoms with van der Waals surface area (Å²) in [4.78, 5) is 2.29. The van der Waals surface area contributed by atoms with Crippen molar-refractivity contribution >= 4 is 5.69 Å². The summed E-state index contributed by atoms with van der Waals surface area (Å²) in [5.74, 6) is 0.505. The zero-order valence-electron chi connectivity index (χ0n) is 13.0. The average Bonchev–Trinajstić information content (AvgIpc) is 2.87. The summed E-state index contributed by atoms with van der Waals surface area (Å²) in [6.45, 7) is 8.37. The average molecular weight is 274 g/mol. The Morgan fingerprint density at radius 3 is 2.60 bits per heavy atom. The fourth-order valence-electron chi connectivity index (χ4n) is 4.08. The van der Waals surface area contributed by atoms with E-state index in [1.54, 1.807) is 0 Å². The van der Waals surface area contributed by atoms with E-state index in [9.17, 15) is 0 Å². The highest BCUT2D eigenvalue weighted by molar-refractivity contribution is 5.48. The summed E-state index contributed by atoms with van der Waals surface area (Å²) in [7, 11) is 2.14. The lowest BCUT2D eigenvalue weighted by Gasteiger charge is -2.63. The standard InChI is InChI=1S/C17H26N2O/c1-12-5-7-13(8-6-12)19(4)11-17(18)14-9-10-20-15(14)16(17,2)3/h5-8,14-15H,9-11,18H2,1-4H3. The molecule has 2 aliphatic rings. The molecule has 0 amide bonds. The molecule has 0 spiro atoms. The van der Waals surface area contributed by atoms with Crippen molar-refractivity contribution in [2.75, 3.05) is 25.1 Å². The van der Waals surface area contributed by atoms with Gasteiger partial charge in [-0.3, -0.25) is 0 Å². The monoisotopic (exact) mass is 274 g/mol. The van der Waals surface area contributed by atoms with Crippen LogP contribution in [0, 0.1) is 18.3 Å². The van der Waals surface area contributed by atoms with Crippen LogP contribution in [0.2, 0.25) is 0 Å². The fraction of sp³-hybridized carbons (Fsp3) is 0.647. The molecule has 1 aliphatic heterocycles. The van der Waals surface area contributed by atoms with Crippen molar-refractivity contribution in [1.82, 2.24) is 0 Å². The van der Waals surface area contributed by atoms with Crippen LogP contribution in [0.5, 0.6) is 0 Å². The van der Waals surface area contributed by atoms with Gasteiger partial charge in [0.25, 0.3) is 0 Å². The largest absolute Gasteiger partial charge is 0.377 e. The smallest absolute Gasteiger partial charge is 0.0691 e. The van der Waals surface area contributed by atoms with Crippen LogP contribution >= 0.6 is 0 Å². The number of nitrogens with two attached hydrogens (primary N) is 1. The van der Waals surface area contributed by atoms with Crippen LogP contribution in [0.25, 0.3) is 0 Å². The van der Waals surface area contributed by atoms with Gasteiger partial charge in [0.05, 0.1) is 6.10 Å². The third-order valence-electron chi connectivity index (χ3n) is 5.64. The molecule has 2 fully saturated rings. The Balaban J connectivity index is 1.78. The molecule has 3 rings (SSSR count). The molecule has 0 aromatic heterocycles. The van der Waals surface area contributed by atoms with Crippen molar-refractivity contribution in [3.8, 4) is 0 Å². The van der Waals surface area contributed by atoms with E-state index < -0.39 is 0 Å². The number of ether oxygens (including phenoxy) is 1. The van der Waals surface area contributed by atoms with Gasteiger partial charge in [-0.1, -0.05) is 31.5 Å². The lowest BCUT2D eigenvalue weighted by atomic mass is 9.48. The Bertz CT molecular complexity index is 496. The Kier molecular flexibility index (Phi) is 3.11. The number of benzene rings is 1. The normalized spacial score (nSPS) is 34.5. The SMILES string of the molecule is Cc1ccc(N(C)CC2(N)C3CCOC3C2(C)C)cc1. The van der Waals surface area contributed by atoms with Crippen molar-refractivity contribution < 1.29 is 4.74 Å². The highest BCUT2D eigenvalue weighted by atomic mass is 16.5. The molecule has 1 heterocycles. The van der Waals surface area contributed by atoms with Gasteiger partial charge in [0, 0.05) is 42.8 Å². The molecular formula is C17H26N2O. The quantitative estimate of drug-likeness (QED) is 0.920. The van der Waals surface area contributed by atoms with E-state index in [0.717, 1.165) is 19.6 Å². The highest BCUT2D eigenvalue weighted by Gasteiger charge is 2.67. The summed E-state index contributed by atoms with van der Waals surface area (Å²) < 4.78 is 5.87. The molecule has 3 atom stereocenters. The number of hydrogen-bond donors (Lipinski definition) is 1. The maximum atomic E-state index is 6.81. The van der Waals surface area contributed by atoms with Gasteiger partial charge < -0.3 is 15.4 Å². The second-order valence-corrected chi connectivity index (χ2v) is 7.14. The molecule has 0 radical (unpaired) electrons. The predicted octanol–water partition coefficient (Wildman–Crippen LogP) is 2.57. The summed E-state index contributed by atoms with van der Waals surface area (Å²) in [6.07, 6.45) is 1.45. The number of aryl methyl sites for hydroxylation is 1. The maximum Gasteiger partial charge on any atom is 0.0691 e. The van der Waals surface area contributed by atoms with E-state index in [4.69, 9.17) is 10.5 Å². The molecule has 0 bridgehead atoms. The molecule has 1 aromatic rings. The van der Waals surface area contributed by atoms with E-state index >= 15 is 0 Å².